The van der Waals surface area contributed by atoms with Crippen LogP contribution < -0.4 is 16.0 Å². The van der Waals surface area contributed by atoms with Crippen molar-refractivity contribution in [2.45, 2.75) is 30.9 Å². The smallest absolute Gasteiger partial charge is 0.255 e. The monoisotopic (exact) mass is 554 g/mol. The SMILES string of the molecule is CCN1C(=O)C([C@H](C)CNc2cccc(NC(=O)CN(C)CCOC)c2)SC1C(C#N)C(=O)NCC(F)F. The number of hydrogen-bond acceptors (Lipinski definition) is 8. The average molecular weight is 555 g/mol. The topological polar surface area (TPSA) is 127 Å². The summed E-state index contributed by atoms with van der Waals surface area (Å²) in [4.78, 5) is 41.1. The molecule has 38 heavy (non-hydrogen) atoms. The molecule has 13 heteroatoms. The number of methoxy groups -OCH3 is 1. The summed E-state index contributed by atoms with van der Waals surface area (Å²) in [5, 5.41) is 16.5. The number of nitrogens with one attached hydrogen (secondary N) is 3. The Morgan fingerprint density at radius 2 is 2.00 bits per heavy atom. The van der Waals surface area contributed by atoms with Gasteiger partial charge in [0.25, 0.3) is 6.43 Å². The molecule has 1 fully saturated rings. The number of rotatable bonds is 15. The molecule has 0 radical (unpaired) electrons. The molecule has 3 N–H and O–H groups in total. The van der Waals surface area contributed by atoms with E-state index < -0.39 is 35.4 Å². The molecule has 1 aliphatic rings. The van der Waals surface area contributed by atoms with Gasteiger partial charge in [-0.1, -0.05) is 13.0 Å². The lowest BCUT2D eigenvalue weighted by molar-refractivity contribution is -0.132. The molecule has 0 aromatic heterocycles. The molecule has 0 bridgehead atoms. The number of halogens is 2. The molecule has 10 nitrogen and oxygen atoms in total. The fourth-order valence-corrected chi connectivity index (χ4v) is 5.60. The van der Waals surface area contributed by atoms with E-state index in [0.717, 1.165) is 5.69 Å². The number of anilines is 2. The van der Waals surface area contributed by atoms with Crippen molar-refractivity contribution in [3.05, 3.63) is 24.3 Å². The Morgan fingerprint density at radius 1 is 1.29 bits per heavy atom. The lowest BCUT2D eigenvalue weighted by Gasteiger charge is -2.25. The maximum absolute atomic E-state index is 13.1. The number of hydrogen-bond donors (Lipinski definition) is 3. The number of amides is 3. The third-order valence-corrected chi connectivity index (χ3v) is 7.74. The van der Waals surface area contributed by atoms with Crippen LogP contribution in [0.1, 0.15) is 13.8 Å². The zero-order chi connectivity index (χ0) is 28.2. The number of ether oxygens (including phenoxy) is 1. The van der Waals surface area contributed by atoms with Crippen molar-refractivity contribution in [3.8, 4) is 6.07 Å². The number of alkyl halides is 2. The van der Waals surface area contributed by atoms with Crippen LogP contribution in [-0.4, -0.2) is 98.1 Å². The fraction of sp³-hybridized carbons (Fsp3) is 0.600. The number of nitriles is 1. The van der Waals surface area contributed by atoms with Crippen molar-refractivity contribution in [1.82, 2.24) is 15.1 Å². The van der Waals surface area contributed by atoms with Gasteiger partial charge in [0.15, 0.2) is 5.92 Å². The molecular weight excluding hydrogens is 518 g/mol. The molecule has 0 saturated carbocycles. The second-order valence-electron chi connectivity index (χ2n) is 9.03. The third kappa shape index (κ3) is 9.11. The van der Waals surface area contributed by atoms with Crippen LogP contribution in [0.3, 0.4) is 0 Å². The van der Waals surface area contributed by atoms with E-state index in [1.165, 1.54) is 16.7 Å². The molecule has 3 amide bonds. The summed E-state index contributed by atoms with van der Waals surface area (Å²) in [6, 6.07) is 9.10. The number of carbonyl (C=O) groups is 3. The summed E-state index contributed by atoms with van der Waals surface area (Å²) in [5.41, 5.74) is 1.38. The van der Waals surface area contributed by atoms with E-state index >= 15 is 0 Å². The van der Waals surface area contributed by atoms with Gasteiger partial charge in [-0.2, -0.15) is 5.26 Å². The van der Waals surface area contributed by atoms with E-state index in [9.17, 15) is 28.4 Å². The Bertz CT molecular complexity index is 995. The van der Waals surface area contributed by atoms with Crippen LogP contribution in [0.4, 0.5) is 20.2 Å². The second-order valence-corrected chi connectivity index (χ2v) is 10.3. The van der Waals surface area contributed by atoms with Gasteiger partial charge >= 0.3 is 0 Å². The number of nitrogens with zero attached hydrogens (tertiary/aromatic N) is 3. The first kappa shape index (κ1) is 31.3. The lowest BCUT2D eigenvalue weighted by atomic mass is 10.1. The Labute approximate surface area is 226 Å². The van der Waals surface area contributed by atoms with Crippen molar-refractivity contribution >= 4 is 40.9 Å². The van der Waals surface area contributed by atoms with Gasteiger partial charge in [0.05, 0.1) is 31.0 Å². The second kappa shape index (κ2) is 15.5. The average Bonchev–Trinajstić information content (AvgIpc) is 3.21. The Balaban J connectivity index is 1.97. The molecule has 2 rings (SSSR count). The summed E-state index contributed by atoms with van der Waals surface area (Å²) >= 11 is 1.21. The van der Waals surface area contributed by atoms with Crippen molar-refractivity contribution in [2.24, 2.45) is 11.8 Å². The number of benzene rings is 1. The van der Waals surface area contributed by atoms with Gasteiger partial charge in [-0.3, -0.25) is 19.3 Å². The van der Waals surface area contributed by atoms with Crippen LogP contribution in [0.5, 0.6) is 0 Å². The quantitative estimate of drug-likeness (QED) is 0.301. The summed E-state index contributed by atoms with van der Waals surface area (Å²) in [5.74, 6) is -2.61. The minimum absolute atomic E-state index is 0.155. The molecule has 0 spiro atoms. The van der Waals surface area contributed by atoms with Crippen LogP contribution in [0.25, 0.3) is 0 Å². The summed E-state index contributed by atoms with van der Waals surface area (Å²) in [6.07, 6.45) is -2.73. The van der Waals surface area contributed by atoms with Gasteiger partial charge in [-0.05, 0) is 38.1 Å². The van der Waals surface area contributed by atoms with Gasteiger partial charge < -0.3 is 25.6 Å². The fourth-order valence-electron chi connectivity index (χ4n) is 3.95. The van der Waals surface area contributed by atoms with Crippen LogP contribution >= 0.6 is 11.8 Å². The van der Waals surface area contributed by atoms with Gasteiger partial charge in [0.2, 0.25) is 17.7 Å². The largest absolute Gasteiger partial charge is 0.385 e. The van der Waals surface area contributed by atoms with Crippen molar-refractivity contribution < 1.29 is 27.9 Å². The highest BCUT2D eigenvalue weighted by atomic mass is 32.2. The third-order valence-electron chi connectivity index (χ3n) is 5.98. The molecule has 1 heterocycles. The van der Waals surface area contributed by atoms with E-state index in [-0.39, 0.29) is 30.8 Å². The van der Waals surface area contributed by atoms with Crippen LogP contribution in [0, 0.1) is 23.2 Å². The molecule has 3 unspecified atom stereocenters. The number of likely N-dealkylation sites (N-methyl/N-ethyl adjacent to an activating group) is 1. The molecular formula is C25H36F2N6O4S. The first-order valence-corrected chi connectivity index (χ1v) is 13.3. The highest BCUT2D eigenvalue weighted by molar-refractivity contribution is 8.01. The molecule has 0 aliphatic carbocycles. The van der Waals surface area contributed by atoms with E-state index in [0.29, 0.717) is 25.4 Å². The van der Waals surface area contributed by atoms with E-state index in [1.54, 1.807) is 32.2 Å². The maximum atomic E-state index is 13.1. The Hall–Kier alpha value is -2.95. The normalized spacial score (nSPS) is 18.8. The highest BCUT2D eigenvalue weighted by Crippen LogP contribution is 2.39. The summed E-state index contributed by atoms with van der Waals surface area (Å²) in [6.45, 7) is 4.88. The number of thioether (sulfide) groups is 1. The maximum Gasteiger partial charge on any atom is 0.255 e. The zero-order valence-corrected chi connectivity index (χ0v) is 22.9. The first-order valence-electron chi connectivity index (χ1n) is 12.3. The van der Waals surface area contributed by atoms with Crippen LogP contribution in [0.2, 0.25) is 0 Å². The van der Waals surface area contributed by atoms with Crippen LogP contribution in [0.15, 0.2) is 24.3 Å². The van der Waals surface area contributed by atoms with Gasteiger partial charge in [-0.15, -0.1) is 11.8 Å². The summed E-state index contributed by atoms with van der Waals surface area (Å²) < 4.78 is 30.0. The standard InChI is InChI=1S/C25H36F2N6O4S/c1-5-33-24(36)22(38-25(33)19(12-28)23(35)30-14-20(26)27)16(2)13-29-17-7-6-8-18(11-17)31-21(34)15-32(3)9-10-37-4/h6-8,11,16,19-20,22,25,29H,5,9-10,13-15H2,1-4H3,(H,30,35)(H,31,34)/t16-,19?,22?,25?/m1/s1. The highest BCUT2D eigenvalue weighted by Gasteiger charge is 2.47. The minimum atomic E-state index is -2.73. The molecule has 1 aromatic rings. The zero-order valence-electron chi connectivity index (χ0n) is 22.1. The van der Waals surface area contributed by atoms with Gasteiger partial charge in [0, 0.05) is 38.1 Å². The Morgan fingerprint density at radius 3 is 2.63 bits per heavy atom. The van der Waals surface area contributed by atoms with Crippen LogP contribution in [-0.2, 0) is 19.1 Å². The van der Waals surface area contributed by atoms with E-state index in [4.69, 9.17) is 4.74 Å². The summed E-state index contributed by atoms with van der Waals surface area (Å²) in [7, 11) is 3.44. The van der Waals surface area contributed by atoms with Crippen molar-refractivity contribution in [3.63, 3.8) is 0 Å². The van der Waals surface area contributed by atoms with E-state index in [1.807, 2.05) is 31.0 Å². The lowest BCUT2D eigenvalue weighted by Crippen LogP contribution is -2.45. The van der Waals surface area contributed by atoms with Gasteiger partial charge in [0.1, 0.15) is 5.37 Å². The minimum Gasteiger partial charge on any atom is -0.385 e. The van der Waals surface area contributed by atoms with Gasteiger partial charge in [-0.25, -0.2) is 8.78 Å². The molecule has 1 aliphatic heterocycles. The van der Waals surface area contributed by atoms with Crippen molar-refractivity contribution in [1.29, 1.82) is 5.26 Å². The first-order chi connectivity index (χ1) is 18.1. The Kier molecular flexibility index (Phi) is 12.7. The molecule has 210 valence electrons. The molecule has 1 saturated heterocycles. The predicted octanol–water partition coefficient (Wildman–Crippen LogP) is 2.06. The molecule has 4 atom stereocenters. The molecule has 1 aromatic carbocycles. The van der Waals surface area contributed by atoms with Crippen molar-refractivity contribution in [2.75, 3.05) is 64.1 Å². The predicted molar refractivity (Wildman–Crippen MR) is 143 cm³/mol. The van der Waals surface area contributed by atoms with E-state index in [2.05, 4.69) is 16.0 Å². The number of carbonyl (C=O) groups excluding carboxylic acids is 3.